The maximum Gasteiger partial charge on any atom is 0.215 e. The highest BCUT2D eigenvalue weighted by Gasteiger charge is 2.13. The molecule has 128 valence electrons. The summed E-state index contributed by atoms with van der Waals surface area (Å²) >= 11 is 1.40. The number of rotatable bonds is 5. The molecule has 0 fully saturated rings. The van der Waals surface area contributed by atoms with Gasteiger partial charge in [0.15, 0.2) is 5.82 Å². The molecule has 0 saturated carbocycles. The van der Waals surface area contributed by atoms with Crippen molar-refractivity contribution >= 4 is 34.1 Å². The fraction of sp³-hybridized carbons (Fsp3) is 0.0526. The number of hydrogen-bond donors (Lipinski definition) is 1. The van der Waals surface area contributed by atoms with Gasteiger partial charge in [-0.25, -0.2) is 15.0 Å². The van der Waals surface area contributed by atoms with E-state index >= 15 is 0 Å². The van der Waals surface area contributed by atoms with Gasteiger partial charge in [0.1, 0.15) is 10.6 Å². The Morgan fingerprint density at radius 3 is 2.88 bits per heavy atom. The van der Waals surface area contributed by atoms with E-state index in [0.29, 0.717) is 45.0 Å². The minimum Gasteiger partial charge on any atom is -0.383 e. The van der Waals surface area contributed by atoms with Gasteiger partial charge in [0, 0.05) is 22.4 Å². The second-order valence-corrected chi connectivity index (χ2v) is 6.53. The van der Waals surface area contributed by atoms with Crippen molar-refractivity contribution in [3.63, 3.8) is 0 Å². The molecule has 2 heterocycles. The second kappa shape index (κ2) is 7.25. The molecular formula is C19H14FN5S. The molecule has 26 heavy (non-hydrogen) atoms. The number of nitrogen functional groups attached to an aromatic ring is 1. The predicted molar refractivity (Wildman–Crippen MR) is 104 cm³/mol. The molecule has 0 unspecified atom stereocenters. The Balaban J connectivity index is 2.05. The molecule has 3 aromatic rings. The number of aliphatic imine (C=N–C) groups is 1. The quantitative estimate of drug-likeness (QED) is 0.413. The maximum atomic E-state index is 13.7. The predicted octanol–water partition coefficient (Wildman–Crippen LogP) is 4.42. The number of nitriles is 1. The first-order valence-corrected chi connectivity index (χ1v) is 8.41. The van der Waals surface area contributed by atoms with Crippen molar-refractivity contribution in [2.45, 2.75) is 6.42 Å². The molecule has 0 aliphatic carbocycles. The fourth-order valence-electron chi connectivity index (χ4n) is 2.46. The molecule has 2 aromatic heterocycles. The van der Waals surface area contributed by atoms with Gasteiger partial charge in [0.25, 0.3) is 0 Å². The van der Waals surface area contributed by atoms with Gasteiger partial charge in [-0.2, -0.15) is 9.65 Å². The molecular weight excluding hydrogens is 349 g/mol. The largest absolute Gasteiger partial charge is 0.383 e. The second-order valence-electron chi connectivity index (χ2n) is 5.41. The third kappa shape index (κ3) is 3.36. The summed E-state index contributed by atoms with van der Waals surface area (Å²) in [6, 6.07) is 10.9. The van der Waals surface area contributed by atoms with Crippen LogP contribution in [0.3, 0.4) is 0 Å². The molecule has 7 heteroatoms. The number of allylic oxidation sites excluding steroid dienone is 2. The topological polar surface area (TPSA) is 88.0 Å². The third-order valence-electron chi connectivity index (χ3n) is 3.74. The normalized spacial score (nSPS) is 11.7. The Bertz CT molecular complexity index is 1090. The van der Waals surface area contributed by atoms with E-state index < -0.39 is 5.95 Å². The Morgan fingerprint density at radius 1 is 1.38 bits per heavy atom. The maximum absolute atomic E-state index is 13.7. The van der Waals surface area contributed by atoms with Crippen LogP contribution in [0.1, 0.15) is 10.4 Å². The number of aromatic nitrogens is 2. The van der Waals surface area contributed by atoms with Crippen LogP contribution in [0.5, 0.6) is 0 Å². The molecule has 3 rings (SSSR count). The number of halogens is 1. The highest BCUT2D eigenvalue weighted by molar-refractivity contribution is 7.18. The summed E-state index contributed by atoms with van der Waals surface area (Å²) in [5, 5.41) is 9.75. The Kier molecular flexibility index (Phi) is 4.87. The summed E-state index contributed by atoms with van der Waals surface area (Å²) in [5.74, 6) is 0.130. The van der Waals surface area contributed by atoms with Crippen molar-refractivity contribution in [3.05, 3.63) is 65.0 Å². The van der Waals surface area contributed by atoms with Crippen LogP contribution in [-0.4, -0.2) is 16.7 Å². The molecule has 0 spiro atoms. The zero-order valence-corrected chi connectivity index (χ0v) is 14.6. The number of fused-ring (bicyclic) bond motifs is 1. The van der Waals surface area contributed by atoms with Crippen LogP contribution in [0.2, 0.25) is 0 Å². The number of thiophene rings is 1. The van der Waals surface area contributed by atoms with E-state index in [-0.39, 0.29) is 0 Å². The Morgan fingerprint density at radius 2 is 2.19 bits per heavy atom. The number of anilines is 1. The smallest absolute Gasteiger partial charge is 0.215 e. The van der Waals surface area contributed by atoms with Crippen molar-refractivity contribution in [2.75, 3.05) is 5.73 Å². The van der Waals surface area contributed by atoms with Gasteiger partial charge in [-0.05, 0) is 24.9 Å². The summed E-state index contributed by atoms with van der Waals surface area (Å²) in [4.78, 5) is 13.8. The molecule has 0 atom stereocenters. The molecule has 2 N–H and O–H groups in total. The molecule has 0 bridgehead atoms. The van der Waals surface area contributed by atoms with E-state index in [9.17, 15) is 4.39 Å². The van der Waals surface area contributed by atoms with E-state index in [1.165, 1.54) is 17.4 Å². The Labute approximate surface area is 153 Å². The molecule has 5 nitrogen and oxygen atoms in total. The van der Waals surface area contributed by atoms with Crippen molar-refractivity contribution in [1.29, 1.82) is 5.26 Å². The van der Waals surface area contributed by atoms with E-state index in [2.05, 4.69) is 34.3 Å². The average molecular weight is 363 g/mol. The first-order chi connectivity index (χ1) is 12.5. The lowest BCUT2D eigenvalue weighted by atomic mass is 10.1. The SMILES string of the molecule is C=C/C(Cc1cc2c(N)nc(-c3cccc(C#N)c3)nc2s1)=C(/F)N=C. The van der Waals surface area contributed by atoms with Gasteiger partial charge in [0.05, 0.1) is 17.0 Å². The van der Waals surface area contributed by atoms with Crippen LogP contribution in [0.4, 0.5) is 10.2 Å². The lowest BCUT2D eigenvalue weighted by molar-refractivity contribution is 0.618. The van der Waals surface area contributed by atoms with Crippen LogP contribution in [0, 0.1) is 11.3 Å². The van der Waals surface area contributed by atoms with Crippen LogP contribution in [-0.2, 0) is 6.42 Å². The summed E-state index contributed by atoms with van der Waals surface area (Å²) in [6.45, 7) is 6.80. The molecule has 0 saturated heterocycles. The van der Waals surface area contributed by atoms with Crippen LogP contribution >= 0.6 is 11.3 Å². The average Bonchev–Trinajstić information content (AvgIpc) is 3.08. The third-order valence-corrected chi connectivity index (χ3v) is 4.77. The highest BCUT2D eigenvalue weighted by Crippen LogP contribution is 2.32. The first-order valence-electron chi connectivity index (χ1n) is 7.60. The molecule has 0 aliphatic heterocycles. The lowest BCUT2D eigenvalue weighted by Crippen LogP contribution is -1.96. The van der Waals surface area contributed by atoms with E-state index in [1.54, 1.807) is 18.2 Å². The van der Waals surface area contributed by atoms with Crippen molar-refractivity contribution < 1.29 is 4.39 Å². The van der Waals surface area contributed by atoms with Gasteiger partial charge in [0.2, 0.25) is 5.95 Å². The van der Waals surface area contributed by atoms with Crippen molar-refractivity contribution in [3.8, 4) is 17.5 Å². The monoisotopic (exact) mass is 363 g/mol. The zero-order chi connectivity index (χ0) is 18.7. The van der Waals surface area contributed by atoms with Gasteiger partial charge in [-0.1, -0.05) is 24.8 Å². The van der Waals surface area contributed by atoms with Crippen LogP contribution < -0.4 is 5.73 Å². The van der Waals surface area contributed by atoms with Crippen LogP contribution in [0.25, 0.3) is 21.6 Å². The first kappa shape index (κ1) is 17.5. The van der Waals surface area contributed by atoms with Crippen molar-refractivity contribution in [2.24, 2.45) is 4.99 Å². The standard InChI is InChI=1S/C19H14FN5S/c1-3-12(16(20)23-2)8-14-9-15-17(22)24-18(25-19(15)26-14)13-6-4-5-11(7-13)10-21/h3-7,9H,1-2,8H2,(H2,22,24,25)/b16-12+. The lowest BCUT2D eigenvalue weighted by Gasteiger charge is -2.02. The zero-order valence-electron chi connectivity index (χ0n) is 13.7. The summed E-state index contributed by atoms with van der Waals surface area (Å²) in [7, 11) is 0. The summed E-state index contributed by atoms with van der Waals surface area (Å²) < 4.78 is 13.7. The van der Waals surface area contributed by atoms with E-state index in [0.717, 1.165) is 4.88 Å². The summed E-state index contributed by atoms with van der Waals surface area (Å²) in [5.41, 5.74) is 7.66. The molecule has 0 radical (unpaired) electrons. The number of hydrogen-bond acceptors (Lipinski definition) is 6. The number of nitrogens with two attached hydrogens (primary N) is 1. The molecule has 0 amide bonds. The highest BCUT2D eigenvalue weighted by atomic mass is 32.1. The van der Waals surface area contributed by atoms with Gasteiger partial charge < -0.3 is 5.73 Å². The van der Waals surface area contributed by atoms with E-state index in [1.807, 2.05) is 12.1 Å². The van der Waals surface area contributed by atoms with Gasteiger partial charge in [-0.3, -0.25) is 0 Å². The van der Waals surface area contributed by atoms with Gasteiger partial charge >= 0.3 is 0 Å². The van der Waals surface area contributed by atoms with Gasteiger partial charge in [-0.15, -0.1) is 11.3 Å². The van der Waals surface area contributed by atoms with Crippen LogP contribution in [0.15, 0.2) is 59.5 Å². The minimum absolute atomic E-state index is 0.314. The number of nitrogens with zero attached hydrogens (tertiary/aromatic N) is 4. The molecule has 1 aromatic carbocycles. The summed E-state index contributed by atoms with van der Waals surface area (Å²) in [6.07, 6.45) is 1.73. The number of benzene rings is 1. The molecule has 0 aliphatic rings. The Hall–Kier alpha value is -3.37. The van der Waals surface area contributed by atoms with Crippen molar-refractivity contribution in [1.82, 2.24) is 9.97 Å². The fourth-order valence-corrected chi connectivity index (χ4v) is 3.51. The minimum atomic E-state index is -0.648. The van der Waals surface area contributed by atoms with E-state index in [4.69, 9.17) is 11.0 Å².